The highest BCUT2D eigenvalue weighted by Crippen LogP contribution is 2.38. The maximum atomic E-state index is 13.2. The summed E-state index contributed by atoms with van der Waals surface area (Å²) in [5.74, 6) is -1.18. The fraction of sp³-hybridized carbons (Fsp3) is 0.667. The molecule has 2 aliphatic heterocycles. The second-order valence-electron chi connectivity index (χ2n) is 6.18. The minimum atomic E-state index is -3.87. The highest BCUT2D eigenvalue weighted by molar-refractivity contribution is 7.91. The first-order valence-electron chi connectivity index (χ1n) is 8.18. The van der Waals surface area contributed by atoms with Gasteiger partial charge in [0.2, 0.25) is 0 Å². The monoisotopic (exact) mass is 374 g/mol. The zero-order chi connectivity index (χ0) is 17.3. The number of aliphatic hydroxyl groups is 1. The molecule has 1 fully saturated rings. The van der Waals surface area contributed by atoms with Crippen LogP contribution >= 0.6 is 11.3 Å². The van der Waals surface area contributed by atoms with Gasteiger partial charge in [0.25, 0.3) is 10.0 Å². The Hall–Kier alpha value is -1.00. The summed E-state index contributed by atoms with van der Waals surface area (Å²) in [6.45, 7) is 1.47. The number of nitrogens with one attached hydrogen (secondary N) is 1. The topological polar surface area (TPSA) is 107 Å². The van der Waals surface area contributed by atoms with Crippen LogP contribution in [0, 0.1) is 0 Å². The molecule has 24 heavy (non-hydrogen) atoms. The molecule has 1 saturated heterocycles. The van der Waals surface area contributed by atoms with E-state index in [1.54, 1.807) is 0 Å². The number of nitrogens with zero attached hydrogens (tertiary/aromatic N) is 1. The third-order valence-corrected chi connectivity index (χ3v) is 8.37. The third-order valence-electron chi connectivity index (χ3n) is 4.69. The van der Waals surface area contributed by atoms with Crippen LogP contribution in [0.5, 0.6) is 0 Å². The summed E-state index contributed by atoms with van der Waals surface area (Å²) in [4.78, 5) is 12.6. The molecule has 1 aromatic heterocycles. The summed E-state index contributed by atoms with van der Waals surface area (Å²) < 4.78 is 27.7. The van der Waals surface area contributed by atoms with Crippen molar-refractivity contribution >= 4 is 27.3 Å². The van der Waals surface area contributed by atoms with Crippen LogP contribution < -0.4 is 5.32 Å². The number of piperidine rings is 1. The lowest BCUT2D eigenvalue weighted by molar-refractivity contribution is 0.0691. The van der Waals surface area contributed by atoms with Gasteiger partial charge in [0.1, 0.15) is 4.21 Å². The van der Waals surface area contributed by atoms with Gasteiger partial charge in [0.15, 0.2) is 0 Å². The van der Waals surface area contributed by atoms with Gasteiger partial charge in [-0.2, -0.15) is 4.31 Å². The van der Waals surface area contributed by atoms with Gasteiger partial charge in [-0.15, -0.1) is 11.3 Å². The zero-order valence-electron chi connectivity index (χ0n) is 13.3. The molecule has 9 heteroatoms. The number of hydrogen-bond acceptors (Lipinski definition) is 6. The molecule has 0 saturated carbocycles. The summed E-state index contributed by atoms with van der Waals surface area (Å²) in [5, 5.41) is 22.0. The van der Waals surface area contributed by atoms with Crippen LogP contribution in [0.15, 0.2) is 4.21 Å². The molecule has 134 valence electrons. The van der Waals surface area contributed by atoms with E-state index in [1.807, 2.05) is 0 Å². The second kappa shape index (κ2) is 7.09. The van der Waals surface area contributed by atoms with Crippen molar-refractivity contribution in [1.82, 2.24) is 9.62 Å². The van der Waals surface area contributed by atoms with E-state index in [-0.39, 0.29) is 22.4 Å². The van der Waals surface area contributed by atoms with Crippen LogP contribution in [-0.2, 0) is 23.0 Å². The molecule has 0 radical (unpaired) electrons. The standard InChI is InChI=1S/C15H22N2O5S2/c18-8-5-10-3-1-2-7-17(10)24(21,22)15-13(14(19)20)11-4-6-16-9-12(11)23-15/h10,16,18H,1-9H2,(H,19,20)/t10-/m0/s1. The highest BCUT2D eigenvalue weighted by Gasteiger charge is 2.39. The van der Waals surface area contributed by atoms with Gasteiger partial charge < -0.3 is 15.5 Å². The third kappa shape index (κ3) is 3.11. The molecule has 0 aromatic carbocycles. The fourth-order valence-electron chi connectivity index (χ4n) is 3.54. The Morgan fingerprint density at radius 1 is 1.38 bits per heavy atom. The van der Waals surface area contributed by atoms with Crippen molar-refractivity contribution in [3.05, 3.63) is 16.0 Å². The van der Waals surface area contributed by atoms with Crippen molar-refractivity contribution < 1.29 is 23.4 Å². The van der Waals surface area contributed by atoms with Crippen LogP contribution in [0.4, 0.5) is 0 Å². The molecule has 0 spiro atoms. The lowest BCUT2D eigenvalue weighted by Gasteiger charge is -2.34. The molecule has 3 heterocycles. The van der Waals surface area contributed by atoms with Crippen molar-refractivity contribution in [2.24, 2.45) is 0 Å². The van der Waals surface area contributed by atoms with E-state index in [4.69, 9.17) is 0 Å². The Balaban J connectivity index is 2.06. The number of sulfonamides is 1. The van der Waals surface area contributed by atoms with E-state index in [2.05, 4.69) is 5.32 Å². The summed E-state index contributed by atoms with van der Waals surface area (Å²) >= 11 is 1.08. The summed E-state index contributed by atoms with van der Waals surface area (Å²) in [7, 11) is -3.87. The molecule has 1 aromatic rings. The number of carboxylic acid groups (broad SMARTS) is 1. The number of fused-ring (bicyclic) bond motifs is 1. The predicted octanol–water partition coefficient (Wildman–Crippen LogP) is 1.02. The van der Waals surface area contributed by atoms with Crippen molar-refractivity contribution in [2.75, 3.05) is 19.7 Å². The number of rotatable bonds is 5. The van der Waals surface area contributed by atoms with E-state index < -0.39 is 16.0 Å². The van der Waals surface area contributed by atoms with E-state index in [0.29, 0.717) is 44.5 Å². The molecule has 0 amide bonds. The summed E-state index contributed by atoms with van der Waals surface area (Å²) in [5.41, 5.74) is 0.602. The normalized spacial score (nSPS) is 22.3. The Bertz CT molecular complexity index is 726. The fourth-order valence-corrected chi connectivity index (χ4v) is 7.24. The van der Waals surface area contributed by atoms with E-state index in [0.717, 1.165) is 29.1 Å². The number of thiophene rings is 1. The molecule has 1 atom stereocenters. The van der Waals surface area contributed by atoms with Gasteiger partial charge >= 0.3 is 5.97 Å². The molecular weight excluding hydrogens is 352 g/mol. The van der Waals surface area contributed by atoms with Crippen molar-refractivity contribution in [1.29, 1.82) is 0 Å². The molecule has 0 unspecified atom stereocenters. The number of carbonyl (C=O) groups is 1. The minimum Gasteiger partial charge on any atom is -0.478 e. The highest BCUT2D eigenvalue weighted by atomic mass is 32.2. The second-order valence-corrected chi connectivity index (χ2v) is 9.37. The van der Waals surface area contributed by atoms with Crippen molar-refractivity contribution in [3.8, 4) is 0 Å². The minimum absolute atomic E-state index is 0.0476. The van der Waals surface area contributed by atoms with Crippen LogP contribution in [0.1, 0.15) is 46.5 Å². The molecule has 0 aliphatic carbocycles. The van der Waals surface area contributed by atoms with Gasteiger partial charge in [-0.25, -0.2) is 13.2 Å². The average molecular weight is 374 g/mol. The Kier molecular flexibility index (Phi) is 5.26. The summed E-state index contributed by atoms with van der Waals surface area (Å²) in [6.07, 6.45) is 3.30. The lowest BCUT2D eigenvalue weighted by Crippen LogP contribution is -2.44. The summed E-state index contributed by atoms with van der Waals surface area (Å²) in [6, 6.07) is -0.257. The lowest BCUT2D eigenvalue weighted by atomic mass is 10.0. The Morgan fingerprint density at radius 2 is 2.17 bits per heavy atom. The molecular formula is C15H22N2O5S2. The first kappa shape index (κ1) is 17.8. The van der Waals surface area contributed by atoms with Crippen LogP contribution in [0.2, 0.25) is 0 Å². The molecule has 3 rings (SSSR count). The smallest absolute Gasteiger partial charge is 0.338 e. The number of carboxylic acids is 1. The largest absolute Gasteiger partial charge is 0.478 e. The average Bonchev–Trinajstić information content (AvgIpc) is 2.96. The van der Waals surface area contributed by atoms with Crippen LogP contribution in [0.25, 0.3) is 0 Å². The quantitative estimate of drug-likeness (QED) is 0.710. The Labute approximate surface area is 145 Å². The number of aliphatic hydroxyl groups excluding tert-OH is 1. The molecule has 2 aliphatic rings. The van der Waals surface area contributed by atoms with E-state index >= 15 is 0 Å². The van der Waals surface area contributed by atoms with Crippen LogP contribution in [-0.4, -0.2) is 54.6 Å². The number of hydrogen-bond donors (Lipinski definition) is 3. The van der Waals surface area contributed by atoms with Gasteiger partial charge in [-0.1, -0.05) is 6.42 Å². The SMILES string of the molecule is O=C(O)c1c(S(=O)(=O)N2CCCC[C@H]2CCO)sc2c1CCNC2. The predicted molar refractivity (Wildman–Crippen MR) is 89.9 cm³/mol. The zero-order valence-corrected chi connectivity index (χ0v) is 15.0. The van der Waals surface area contributed by atoms with E-state index in [1.165, 1.54) is 4.31 Å². The van der Waals surface area contributed by atoms with E-state index in [9.17, 15) is 23.4 Å². The van der Waals surface area contributed by atoms with Gasteiger partial charge in [0, 0.05) is 30.6 Å². The number of aromatic carboxylic acids is 1. The van der Waals surface area contributed by atoms with Gasteiger partial charge in [0.05, 0.1) is 5.56 Å². The molecule has 3 N–H and O–H groups in total. The van der Waals surface area contributed by atoms with Gasteiger partial charge in [-0.05, 0) is 37.8 Å². The molecule has 7 nitrogen and oxygen atoms in total. The molecule has 0 bridgehead atoms. The Morgan fingerprint density at radius 3 is 2.88 bits per heavy atom. The first-order chi connectivity index (χ1) is 11.5. The van der Waals surface area contributed by atoms with Gasteiger partial charge in [-0.3, -0.25) is 0 Å². The van der Waals surface area contributed by atoms with Crippen molar-refractivity contribution in [3.63, 3.8) is 0 Å². The van der Waals surface area contributed by atoms with Crippen molar-refractivity contribution in [2.45, 2.75) is 48.9 Å². The maximum absolute atomic E-state index is 13.2. The maximum Gasteiger partial charge on any atom is 0.338 e. The first-order valence-corrected chi connectivity index (χ1v) is 10.4. The van der Waals surface area contributed by atoms with Crippen LogP contribution in [0.3, 0.4) is 0 Å².